The van der Waals surface area contributed by atoms with E-state index in [4.69, 9.17) is 0 Å². The van der Waals surface area contributed by atoms with Crippen molar-refractivity contribution < 1.29 is 19.2 Å². The topological polar surface area (TPSA) is 74.8 Å². The fourth-order valence-electron chi connectivity index (χ4n) is 4.61. The van der Waals surface area contributed by atoms with Crippen LogP contribution in [0.15, 0.2) is 54.6 Å². The van der Waals surface area contributed by atoms with Gasteiger partial charge in [-0.15, -0.1) is 0 Å². The number of benzene rings is 3. The molecule has 0 fully saturated rings. The molecule has 4 amide bonds. The van der Waals surface area contributed by atoms with Crippen molar-refractivity contribution >= 4 is 34.4 Å². The Morgan fingerprint density at radius 3 is 1.32 bits per heavy atom. The lowest BCUT2D eigenvalue weighted by Gasteiger charge is -2.35. The van der Waals surface area contributed by atoms with Crippen molar-refractivity contribution in [3.63, 3.8) is 0 Å². The van der Waals surface area contributed by atoms with Gasteiger partial charge in [0.1, 0.15) is 0 Å². The summed E-state index contributed by atoms with van der Waals surface area (Å²) >= 11 is 0. The van der Waals surface area contributed by atoms with E-state index in [2.05, 4.69) is 0 Å². The van der Waals surface area contributed by atoms with Gasteiger partial charge in [-0.3, -0.25) is 29.0 Å². The molecule has 6 heteroatoms. The standard InChI is InChI=1S/C25H20N2O4/c1-13(2)26-22(28)16-9-11-18-21-19(12-10-17(20(16)21)23(26)29)25(31)27(24(18)30)14(3)15-7-5-4-6-8-15/h4-14H,1-3H3. The maximum atomic E-state index is 13.4. The van der Waals surface area contributed by atoms with Gasteiger partial charge in [-0.05, 0) is 50.6 Å². The minimum Gasteiger partial charge on any atom is -0.272 e. The van der Waals surface area contributed by atoms with Gasteiger partial charge in [0.2, 0.25) is 0 Å². The summed E-state index contributed by atoms with van der Waals surface area (Å²) in [4.78, 5) is 55.4. The van der Waals surface area contributed by atoms with Crippen LogP contribution >= 0.6 is 0 Å². The molecule has 0 N–H and O–H groups in total. The van der Waals surface area contributed by atoms with Crippen LogP contribution in [0.2, 0.25) is 0 Å². The first-order valence-electron chi connectivity index (χ1n) is 10.2. The SMILES string of the molecule is CC(C)N1C(=O)c2ccc3c4c(ccc(c24)C1=O)C(=O)N(C(C)c1ccccc1)C3=O. The lowest BCUT2D eigenvalue weighted by molar-refractivity contribution is 0.0533. The molecule has 0 spiro atoms. The van der Waals surface area contributed by atoms with Crippen LogP contribution in [0.5, 0.6) is 0 Å². The van der Waals surface area contributed by atoms with Crippen molar-refractivity contribution in [2.75, 3.05) is 0 Å². The van der Waals surface area contributed by atoms with Crippen LogP contribution in [0.1, 0.15) is 73.8 Å². The number of imide groups is 2. The van der Waals surface area contributed by atoms with Crippen LogP contribution < -0.4 is 0 Å². The normalized spacial score (nSPS) is 16.5. The predicted molar refractivity (Wildman–Crippen MR) is 115 cm³/mol. The zero-order valence-electron chi connectivity index (χ0n) is 17.4. The highest BCUT2D eigenvalue weighted by Crippen LogP contribution is 2.40. The van der Waals surface area contributed by atoms with Gasteiger partial charge in [0.05, 0.1) is 6.04 Å². The summed E-state index contributed by atoms with van der Waals surface area (Å²) < 4.78 is 0. The quantitative estimate of drug-likeness (QED) is 0.604. The van der Waals surface area contributed by atoms with Crippen LogP contribution in [0, 0.1) is 0 Å². The summed E-state index contributed by atoms with van der Waals surface area (Å²) in [7, 11) is 0. The number of hydrogen-bond acceptors (Lipinski definition) is 4. The largest absolute Gasteiger partial charge is 0.272 e. The first-order valence-corrected chi connectivity index (χ1v) is 10.2. The first-order chi connectivity index (χ1) is 14.8. The summed E-state index contributed by atoms with van der Waals surface area (Å²) in [5.41, 5.74) is 2.19. The molecular formula is C25H20N2O4. The molecule has 1 atom stereocenters. The second-order valence-corrected chi connectivity index (χ2v) is 8.21. The Bertz CT molecular complexity index is 1240. The van der Waals surface area contributed by atoms with E-state index in [-0.39, 0.29) is 6.04 Å². The molecule has 2 aliphatic rings. The number of carbonyl (C=O) groups is 4. The monoisotopic (exact) mass is 412 g/mol. The van der Waals surface area contributed by atoms with E-state index in [1.807, 2.05) is 37.3 Å². The van der Waals surface area contributed by atoms with Gasteiger partial charge in [0, 0.05) is 39.1 Å². The van der Waals surface area contributed by atoms with E-state index in [1.165, 1.54) is 9.80 Å². The van der Waals surface area contributed by atoms with Gasteiger partial charge in [-0.2, -0.15) is 0 Å². The van der Waals surface area contributed by atoms with Crippen molar-refractivity contribution in [2.24, 2.45) is 0 Å². The van der Waals surface area contributed by atoms with E-state index in [0.29, 0.717) is 33.0 Å². The zero-order chi connectivity index (χ0) is 22.0. The summed E-state index contributed by atoms with van der Waals surface area (Å²) in [5, 5.41) is 0.794. The van der Waals surface area contributed by atoms with Gasteiger partial charge < -0.3 is 0 Å². The molecule has 0 bridgehead atoms. The molecule has 0 saturated heterocycles. The van der Waals surface area contributed by atoms with Crippen molar-refractivity contribution in [3.8, 4) is 0 Å². The summed E-state index contributed by atoms with van der Waals surface area (Å²) in [5.74, 6) is -1.67. The average Bonchev–Trinajstić information content (AvgIpc) is 2.76. The van der Waals surface area contributed by atoms with Crippen molar-refractivity contribution in [1.29, 1.82) is 0 Å². The lowest BCUT2D eigenvalue weighted by Crippen LogP contribution is -2.46. The summed E-state index contributed by atoms with van der Waals surface area (Å²) in [6, 6.07) is 15.0. The minimum absolute atomic E-state index is 0.305. The highest BCUT2D eigenvalue weighted by Gasteiger charge is 2.41. The van der Waals surface area contributed by atoms with E-state index < -0.39 is 29.7 Å². The fraction of sp³-hybridized carbons (Fsp3) is 0.200. The third-order valence-electron chi connectivity index (χ3n) is 6.14. The molecule has 3 aromatic rings. The minimum atomic E-state index is -0.462. The highest BCUT2D eigenvalue weighted by atomic mass is 16.2. The van der Waals surface area contributed by atoms with Crippen molar-refractivity contribution in [1.82, 2.24) is 9.80 Å². The molecule has 0 saturated carbocycles. The van der Waals surface area contributed by atoms with E-state index in [0.717, 1.165) is 5.56 Å². The Balaban J connectivity index is 1.73. The molecule has 1 unspecified atom stereocenters. The van der Waals surface area contributed by atoms with E-state index in [1.54, 1.807) is 38.1 Å². The van der Waals surface area contributed by atoms with E-state index >= 15 is 0 Å². The fourth-order valence-corrected chi connectivity index (χ4v) is 4.61. The van der Waals surface area contributed by atoms with E-state index in [9.17, 15) is 19.2 Å². The molecule has 2 aliphatic heterocycles. The number of amides is 4. The molecule has 31 heavy (non-hydrogen) atoms. The van der Waals surface area contributed by atoms with Crippen LogP contribution in [-0.2, 0) is 0 Å². The molecule has 3 aromatic carbocycles. The third kappa shape index (κ3) is 2.51. The third-order valence-corrected chi connectivity index (χ3v) is 6.14. The number of nitrogens with zero attached hydrogens (tertiary/aromatic N) is 2. The molecule has 154 valence electrons. The molecule has 5 rings (SSSR count). The maximum absolute atomic E-state index is 13.4. The van der Waals surface area contributed by atoms with Crippen molar-refractivity contribution in [3.05, 3.63) is 82.4 Å². The molecule has 0 radical (unpaired) electrons. The van der Waals surface area contributed by atoms with Crippen LogP contribution in [0.4, 0.5) is 0 Å². The zero-order valence-corrected chi connectivity index (χ0v) is 17.4. The smallest absolute Gasteiger partial charge is 0.261 e. The average molecular weight is 412 g/mol. The predicted octanol–water partition coefficient (Wildman–Crippen LogP) is 4.20. The van der Waals surface area contributed by atoms with Gasteiger partial charge in [-0.25, -0.2) is 0 Å². The second kappa shape index (κ2) is 6.60. The highest BCUT2D eigenvalue weighted by molar-refractivity contribution is 6.33. The number of carbonyl (C=O) groups excluding carboxylic acids is 4. The van der Waals surface area contributed by atoms with Crippen LogP contribution in [0.3, 0.4) is 0 Å². The Morgan fingerprint density at radius 1 is 0.548 bits per heavy atom. The second-order valence-electron chi connectivity index (χ2n) is 8.21. The Morgan fingerprint density at radius 2 is 0.935 bits per heavy atom. The summed E-state index contributed by atoms with van der Waals surface area (Å²) in [6.07, 6.45) is 0. The molecular weight excluding hydrogens is 392 g/mol. The first kappa shape index (κ1) is 19.2. The van der Waals surface area contributed by atoms with Gasteiger partial charge in [-0.1, -0.05) is 30.3 Å². The lowest BCUT2D eigenvalue weighted by atomic mass is 9.85. The van der Waals surface area contributed by atoms with Gasteiger partial charge in [0.15, 0.2) is 0 Å². The number of hydrogen-bond donors (Lipinski definition) is 0. The summed E-state index contributed by atoms with van der Waals surface area (Å²) in [6.45, 7) is 5.37. The Hall–Kier alpha value is -3.80. The molecule has 0 aliphatic carbocycles. The van der Waals surface area contributed by atoms with Gasteiger partial charge >= 0.3 is 0 Å². The van der Waals surface area contributed by atoms with Crippen LogP contribution in [-0.4, -0.2) is 39.5 Å². The Kier molecular flexibility index (Phi) is 4.09. The molecule has 2 heterocycles. The Labute approximate surface area is 179 Å². The molecule has 0 aromatic heterocycles. The molecule has 6 nitrogen and oxygen atoms in total. The van der Waals surface area contributed by atoms with Gasteiger partial charge in [0.25, 0.3) is 23.6 Å². The number of rotatable bonds is 3. The maximum Gasteiger partial charge on any atom is 0.261 e. The van der Waals surface area contributed by atoms with Crippen molar-refractivity contribution in [2.45, 2.75) is 32.9 Å². The van der Waals surface area contributed by atoms with Crippen LogP contribution in [0.25, 0.3) is 10.8 Å².